The number of hydrogen-bond donors (Lipinski definition) is 3. The SMILES string of the molecule is C=C(N)c1ccc(NC(=O)[C@H](O)[C@H]2OCCN(c3cc(C(F)(F)F)cc(C(F)(F)F)c3)C2=O)cc1. The number of benzene rings is 2. The van der Waals surface area contributed by atoms with Gasteiger partial charge in [-0.05, 0) is 35.9 Å². The monoisotopic (exact) mass is 503 g/mol. The van der Waals surface area contributed by atoms with Gasteiger partial charge < -0.3 is 25.8 Å². The van der Waals surface area contributed by atoms with Gasteiger partial charge in [0.15, 0.2) is 12.2 Å². The second-order valence-electron chi connectivity index (χ2n) is 7.58. The van der Waals surface area contributed by atoms with E-state index in [4.69, 9.17) is 10.5 Å². The van der Waals surface area contributed by atoms with E-state index in [9.17, 15) is 41.0 Å². The van der Waals surface area contributed by atoms with Crippen LogP contribution >= 0.6 is 0 Å². The Bertz CT molecular complexity index is 1100. The Morgan fingerprint density at radius 1 is 1.09 bits per heavy atom. The quantitative estimate of drug-likeness (QED) is 0.543. The average molecular weight is 503 g/mol. The molecule has 1 aliphatic rings. The van der Waals surface area contributed by atoms with Crippen molar-refractivity contribution in [1.82, 2.24) is 0 Å². The lowest BCUT2D eigenvalue weighted by Gasteiger charge is -2.34. The summed E-state index contributed by atoms with van der Waals surface area (Å²) in [6, 6.07) is 6.63. The number of rotatable bonds is 5. The number of anilines is 2. The second kappa shape index (κ2) is 9.58. The summed E-state index contributed by atoms with van der Waals surface area (Å²) in [7, 11) is 0. The maximum Gasteiger partial charge on any atom is 0.416 e. The number of hydrogen-bond acceptors (Lipinski definition) is 5. The molecule has 0 spiro atoms. The first-order valence-electron chi connectivity index (χ1n) is 9.94. The van der Waals surface area contributed by atoms with Gasteiger partial charge in [0.05, 0.1) is 17.7 Å². The summed E-state index contributed by atoms with van der Waals surface area (Å²) in [5.41, 5.74) is 2.69. The van der Waals surface area contributed by atoms with E-state index in [-0.39, 0.29) is 24.1 Å². The normalized spacial score (nSPS) is 17.7. The number of nitrogens with one attached hydrogen (secondary N) is 1. The Kier molecular flexibility index (Phi) is 7.13. The lowest BCUT2D eigenvalue weighted by Crippen LogP contribution is -2.55. The molecule has 0 aromatic heterocycles. The van der Waals surface area contributed by atoms with Gasteiger partial charge in [0.25, 0.3) is 11.8 Å². The van der Waals surface area contributed by atoms with Gasteiger partial charge in [0, 0.05) is 23.6 Å². The minimum absolute atomic E-state index is 0.0700. The fourth-order valence-corrected chi connectivity index (χ4v) is 3.30. The van der Waals surface area contributed by atoms with Crippen molar-refractivity contribution in [3.8, 4) is 0 Å². The van der Waals surface area contributed by atoms with Crippen molar-refractivity contribution in [1.29, 1.82) is 0 Å². The zero-order valence-electron chi connectivity index (χ0n) is 17.8. The summed E-state index contributed by atoms with van der Waals surface area (Å²) < 4.78 is 84.3. The second-order valence-corrected chi connectivity index (χ2v) is 7.58. The highest BCUT2D eigenvalue weighted by molar-refractivity contribution is 6.04. The molecule has 1 fully saturated rings. The molecule has 2 aromatic rings. The van der Waals surface area contributed by atoms with E-state index >= 15 is 0 Å². The molecule has 1 saturated heterocycles. The van der Waals surface area contributed by atoms with Crippen LogP contribution in [0.2, 0.25) is 0 Å². The number of aliphatic hydroxyl groups excluding tert-OH is 1. The van der Waals surface area contributed by atoms with Crippen LogP contribution in [0.25, 0.3) is 5.70 Å². The molecule has 0 bridgehead atoms. The topological polar surface area (TPSA) is 105 Å². The minimum Gasteiger partial charge on any atom is -0.399 e. The lowest BCUT2D eigenvalue weighted by molar-refractivity contribution is -0.150. The van der Waals surface area contributed by atoms with E-state index in [1.165, 1.54) is 24.3 Å². The molecule has 0 saturated carbocycles. The number of aliphatic hydroxyl groups is 1. The van der Waals surface area contributed by atoms with Crippen molar-refractivity contribution in [2.75, 3.05) is 23.4 Å². The van der Waals surface area contributed by atoms with Gasteiger partial charge in [-0.15, -0.1) is 0 Å². The number of alkyl halides is 6. The van der Waals surface area contributed by atoms with Crippen LogP contribution in [0.5, 0.6) is 0 Å². The summed E-state index contributed by atoms with van der Waals surface area (Å²) in [6.07, 6.45) is -14.2. The molecule has 1 aliphatic heterocycles. The zero-order valence-corrected chi connectivity index (χ0v) is 17.8. The van der Waals surface area contributed by atoms with Gasteiger partial charge in [-0.1, -0.05) is 18.7 Å². The van der Waals surface area contributed by atoms with Gasteiger partial charge in [-0.25, -0.2) is 0 Å². The molecule has 7 nitrogen and oxygen atoms in total. The number of halogens is 6. The van der Waals surface area contributed by atoms with Gasteiger partial charge in [-0.3, -0.25) is 9.59 Å². The van der Waals surface area contributed by atoms with Crippen molar-refractivity contribution in [2.45, 2.75) is 24.6 Å². The maximum atomic E-state index is 13.2. The van der Waals surface area contributed by atoms with Crippen LogP contribution in [0.4, 0.5) is 37.7 Å². The van der Waals surface area contributed by atoms with Crippen molar-refractivity contribution >= 4 is 28.9 Å². The third kappa shape index (κ3) is 5.92. The molecule has 2 atom stereocenters. The standard InChI is InChI=1S/C22H19F6N3O4/c1-11(29)12-2-4-15(5-3-12)30-19(33)17(32)18-20(34)31(6-7-35-18)16-9-13(21(23,24)25)8-14(10-16)22(26,27)28/h2-5,8-10,17-18,32H,1,6-7,29H2,(H,30,33)/t17-,18-/m1/s1. The molecule has 4 N–H and O–H groups in total. The smallest absolute Gasteiger partial charge is 0.399 e. The van der Waals surface area contributed by atoms with Crippen molar-refractivity contribution < 1.29 is 45.8 Å². The summed E-state index contributed by atoms with van der Waals surface area (Å²) in [4.78, 5) is 25.9. The van der Waals surface area contributed by atoms with E-state index < -0.39 is 59.7 Å². The largest absolute Gasteiger partial charge is 0.416 e. The molecule has 188 valence electrons. The first kappa shape index (κ1) is 26.0. The zero-order chi connectivity index (χ0) is 26.1. The minimum atomic E-state index is -5.12. The van der Waals surface area contributed by atoms with E-state index in [2.05, 4.69) is 11.9 Å². The van der Waals surface area contributed by atoms with Crippen LogP contribution in [0, 0.1) is 0 Å². The predicted octanol–water partition coefficient (Wildman–Crippen LogP) is 3.39. The highest BCUT2D eigenvalue weighted by Gasteiger charge is 2.42. The van der Waals surface area contributed by atoms with E-state index in [0.717, 1.165) is 0 Å². The number of nitrogens with two attached hydrogens (primary N) is 1. The van der Waals surface area contributed by atoms with Crippen LogP contribution in [0.3, 0.4) is 0 Å². The molecule has 0 unspecified atom stereocenters. The molecule has 13 heteroatoms. The summed E-state index contributed by atoms with van der Waals surface area (Å²) >= 11 is 0. The van der Waals surface area contributed by atoms with E-state index in [0.29, 0.717) is 22.6 Å². The Morgan fingerprint density at radius 3 is 2.11 bits per heavy atom. The predicted molar refractivity (Wildman–Crippen MR) is 113 cm³/mol. The molecule has 35 heavy (non-hydrogen) atoms. The molecule has 3 rings (SSSR count). The molecule has 0 radical (unpaired) electrons. The maximum absolute atomic E-state index is 13.2. The number of amides is 2. The highest BCUT2D eigenvalue weighted by atomic mass is 19.4. The van der Waals surface area contributed by atoms with Crippen LogP contribution in [-0.2, 0) is 26.7 Å². The summed E-state index contributed by atoms with van der Waals surface area (Å²) in [5, 5.41) is 12.7. The number of nitrogens with zero attached hydrogens (tertiary/aromatic N) is 1. The fourth-order valence-electron chi connectivity index (χ4n) is 3.30. The Labute approximate surface area is 194 Å². The number of morpholine rings is 1. The number of carbonyl (C=O) groups excluding carboxylic acids is 2. The number of carbonyl (C=O) groups is 2. The third-order valence-corrected chi connectivity index (χ3v) is 5.08. The average Bonchev–Trinajstić information content (AvgIpc) is 2.77. The fraction of sp³-hybridized carbons (Fsp3) is 0.273. The molecular weight excluding hydrogens is 484 g/mol. The Balaban J connectivity index is 1.83. The van der Waals surface area contributed by atoms with Crippen LogP contribution < -0.4 is 16.0 Å². The van der Waals surface area contributed by atoms with Gasteiger partial charge >= 0.3 is 12.4 Å². The Hall–Kier alpha value is -3.58. The molecular formula is C22H19F6N3O4. The van der Waals surface area contributed by atoms with Gasteiger partial charge in [-0.2, -0.15) is 26.3 Å². The van der Waals surface area contributed by atoms with E-state index in [1.54, 1.807) is 0 Å². The van der Waals surface area contributed by atoms with Gasteiger partial charge in [0.2, 0.25) is 0 Å². The summed E-state index contributed by atoms with van der Waals surface area (Å²) in [6.45, 7) is 2.80. The van der Waals surface area contributed by atoms with Gasteiger partial charge in [0.1, 0.15) is 0 Å². The van der Waals surface area contributed by atoms with E-state index in [1.807, 2.05) is 0 Å². The highest BCUT2D eigenvalue weighted by Crippen LogP contribution is 2.39. The first-order valence-corrected chi connectivity index (χ1v) is 9.94. The van der Waals surface area contributed by atoms with Crippen molar-refractivity contribution in [2.24, 2.45) is 5.73 Å². The molecule has 2 aromatic carbocycles. The van der Waals surface area contributed by atoms with Crippen LogP contribution in [-0.4, -0.2) is 42.3 Å². The third-order valence-electron chi connectivity index (χ3n) is 5.08. The number of ether oxygens (including phenoxy) is 1. The molecule has 1 heterocycles. The lowest BCUT2D eigenvalue weighted by atomic mass is 10.0. The summed E-state index contributed by atoms with van der Waals surface area (Å²) in [5.74, 6) is -2.26. The first-order chi connectivity index (χ1) is 16.2. The molecule has 0 aliphatic carbocycles. The van der Waals surface area contributed by atoms with Crippen molar-refractivity contribution in [3.05, 3.63) is 65.7 Å². The van der Waals surface area contributed by atoms with Crippen molar-refractivity contribution in [3.63, 3.8) is 0 Å². The van der Waals surface area contributed by atoms with Crippen LogP contribution in [0.15, 0.2) is 49.0 Å². The Morgan fingerprint density at radius 2 is 1.63 bits per heavy atom. The van der Waals surface area contributed by atoms with Crippen LogP contribution in [0.1, 0.15) is 16.7 Å². The molecule has 2 amide bonds.